The first-order chi connectivity index (χ1) is 8.97. The van der Waals surface area contributed by atoms with E-state index < -0.39 is 11.6 Å². The molecule has 1 aromatic heterocycles. The van der Waals surface area contributed by atoms with Gasteiger partial charge in [0.15, 0.2) is 0 Å². The molecule has 0 aliphatic carbocycles. The molecule has 2 rings (SSSR count). The quantitative estimate of drug-likeness (QED) is 0.661. The van der Waals surface area contributed by atoms with Gasteiger partial charge in [0.05, 0.1) is 15.9 Å². The smallest absolute Gasteiger partial charge is 0.148 e. The molecule has 0 saturated heterocycles. The molecule has 0 spiro atoms. The molecule has 0 fully saturated rings. The van der Waals surface area contributed by atoms with Gasteiger partial charge in [0, 0.05) is 6.07 Å². The minimum atomic E-state index is -0.601. The van der Waals surface area contributed by atoms with E-state index in [2.05, 4.69) is 26.2 Å². The molecule has 98 valence electrons. The van der Waals surface area contributed by atoms with Crippen molar-refractivity contribution in [3.8, 4) is 0 Å². The average molecular weight is 344 g/mol. The van der Waals surface area contributed by atoms with Crippen LogP contribution in [0.1, 0.15) is 5.69 Å². The van der Waals surface area contributed by atoms with E-state index in [1.807, 2.05) is 0 Å². The van der Waals surface area contributed by atoms with Crippen LogP contribution in [0.15, 0.2) is 34.8 Å². The third kappa shape index (κ3) is 3.24. The summed E-state index contributed by atoms with van der Waals surface area (Å²) in [6.45, 7) is 0. The topological polar surface area (TPSA) is 50.9 Å². The van der Waals surface area contributed by atoms with E-state index in [1.54, 1.807) is 18.2 Å². The van der Waals surface area contributed by atoms with Crippen LogP contribution < -0.4 is 11.1 Å². The molecule has 0 radical (unpaired) electrons. The van der Waals surface area contributed by atoms with E-state index in [1.165, 1.54) is 0 Å². The van der Waals surface area contributed by atoms with Crippen molar-refractivity contribution in [2.24, 2.45) is 5.73 Å². The van der Waals surface area contributed by atoms with Gasteiger partial charge in [-0.2, -0.15) is 0 Å². The molecule has 7 heteroatoms. The number of anilines is 2. The summed E-state index contributed by atoms with van der Waals surface area (Å²) >= 11 is 7.70. The van der Waals surface area contributed by atoms with Gasteiger partial charge in [0.1, 0.15) is 22.4 Å². The molecule has 1 heterocycles. The number of rotatable bonds is 3. The molecule has 0 aliphatic rings. The lowest BCUT2D eigenvalue weighted by Gasteiger charge is -2.08. The Morgan fingerprint density at radius 2 is 2.00 bits per heavy atom. The minimum absolute atomic E-state index is 0.0201. The van der Waals surface area contributed by atoms with Gasteiger partial charge in [-0.05, 0) is 34.1 Å². The van der Waals surface area contributed by atoms with Crippen LogP contribution in [0.2, 0.25) is 0 Å². The van der Waals surface area contributed by atoms with Gasteiger partial charge in [-0.1, -0.05) is 18.3 Å². The Bertz CT molecular complexity index is 649. The van der Waals surface area contributed by atoms with Crippen LogP contribution in [-0.4, -0.2) is 9.97 Å². The zero-order chi connectivity index (χ0) is 14.0. The first kappa shape index (κ1) is 13.8. The average Bonchev–Trinajstić information content (AvgIpc) is 2.36. The van der Waals surface area contributed by atoms with E-state index in [0.717, 1.165) is 12.1 Å². The number of nitrogens with zero attached hydrogens (tertiary/aromatic N) is 1. The van der Waals surface area contributed by atoms with E-state index in [9.17, 15) is 8.78 Å². The normalized spacial score (nSPS) is 10.3. The van der Waals surface area contributed by atoms with Gasteiger partial charge in [-0.25, -0.2) is 13.8 Å². The maximum atomic E-state index is 13.6. The number of halogens is 3. The second-order valence-electron chi connectivity index (χ2n) is 3.64. The van der Waals surface area contributed by atoms with Gasteiger partial charge in [-0.3, -0.25) is 0 Å². The Hall–Kier alpha value is -1.60. The van der Waals surface area contributed by atoms with Crippen LogP contribution in [0, 0.1) is 11.6 Å². The van der Waals surface area contributed by atoms with Gasteiger partial charge >= 0.3 is 0 Å². The van der Waals surface area contributed by atoms with Crippen molar-refractivity contribution in [1.29, 1.82) is 0 Å². The third-order valence-electron chi connectivity index (χ3n) is 2.27. The summed E-state index contributed by atoms with van der Waals surface area (Å²) in [7, 11) is 0. The van der Waals surface area contributed by atoms with Gasteiger partial charge in [0.2, 0.25) is 0 Å². The van der Waals surface area contributed by atoms with Crippen molar-refractivity contribution in [1.82, 2.24) is 4.98 Å². The molecule has 0 atom stereocenters. The maximum Gasteiger partial charge on any atom is 0.148 e. The summed E-state index contributed by atoms with van der Waals surface area (Å²) in [4.78, 5) is 4.21. The molecule has 0 aliphatic heterocycles. The van der Waals surface area contributed by atoms with Crippen LogP contribution in [0.25, 0.3) is 0 Å². The summed E-state index contributed by atoms with van der Waals surface area (Å²) in [6, 6.07) is 6.97. The highest BCUT2D eigenvalue weighted by Gasteiger charge is 2.09. The van der Waals surface area contributed by atoms with Crippen LogP contribution >= 0.6 is 28.1 Å². The molecule has 0 amide bonds. The molecular weight excluding hydrogens is 336 g/mol. The number of nitrogens with two attached hydrogens (primary N) is 1. The first-order valence-corrected chi connectivity index (χ1v) is 6.36. The predicted octanol–water partition coefficient (Wildman–Crippen LogP) is 3.50. The Morgan fingerprint density at radius 3 is 2.68 bits per heavy atom. The van der Waals surface area contributed by atoms with Crippen molar-refractivity contribution in [3.63, 3.8) is 0 Å². The van der Waals surface area contributed by atoms with Crippen molar-refractivity contribution < 1.29 is 8.78 Å². The number of nitrogens with one attached hydrogen (secondary N) is 1. The number of hydrogen-bond donors (Lipinski definition) is 2. The van der Waals surface area contributed by atoms with E-state index >= 15 is 0 Å². The van der Waals surface area contributed by atoms with Crippen molar-refractivity contribution in [2.75, 3.05) is 5.32 Å². The third-order valence-corrected chi connectivity index (χ3v) is 3.09. The fourth-order valence-electron chi connectivity index (χ4n) is 1.40. The fraction of sp³-hybridized carbons (Fsp3) is 0. The molecular formula is C12H8BrF2N3S. The Morgan fingerprint density at radius 1 is 1.26 bits per heavy atom. The van der Waals surface area contributed by atoms with Crippen molar-refractivity contribution in [3.05, 3.63) is 52.1 Å². The summed E-state index contributed by atoms with van der Waals surface area (Å²) in [6.07, 6.45) is 0. The van der Waals surface area contributed by atoms with Crippen LogP contribution in [0.3, 0.4) is 0 Å². The molecule has 2 aromatic rings. The van der Waals surface area contributed by atoms with Gasteiger partial charge in [-0.15, -0.1) is 0 Å². The molecule has 3 N–H and O–H groups in total. The lowest BCUT2D eigenvalue weighted by molar-refractivity contribution is 0.598. The monoisotopic (exact) mass is 343 g/mol. The van der Waals surface area contributed by atoms with E-state index in [4.69, 9.17) is 18.0 Å². The Balaban J connectivity index is 2.33. The first-order valence-electron chi connectivity index (χ1n) is 5.16. The zero-order valence-electron chi connectivity index (χ0n) is 9.45. The zero-order valence-corrected chi connectivity index (χ0v) is 11.9. The highest BCUT2D eigenvalue weighted by atomic mass is 79.9. The highest BCUT2D eigenvalue weighted by molar-refractivity contribution is 9.10. The molecule has 3 nitrogen and oxygen atoms in total. The molecule has 0 unspecified atom stereocenters. The van der Waals surface area contributed by atoms with E-state index in [-0.39, 0.29) is 15.1 Å². The van der Waals surface area contributed by atoms with Crippen LogP contribution in [-0.2, 0) is 0 Å². The minimum Gasteiger partial charge on any atom is -0.388 e. The van der Waals surface area contributed by atoms with Crippen molar-refractivity contribution in [2.45, 2.75) is 0 Å². The van der Waals surface area contributed by atoms with Gasteiger partial charge < -0.3 is 11.1 Å². The van der Waals surface area contributed by atoms with Crippen molar-refractivity contribution >= 4 is 44.6 Å². The molecule has 19 heavy (non-hydrogen) atoms. The second-order valence-corrected chi connectivity index (χ2v) is 4.94. The maximum absolute atomic E-state index is 13.6. The number of pyridine rings is 1. The molecule has 0 saturated carbocycles. The highest BCUT2D eigenvalue weighted by Crippen LogP contribution is 2.25. The number of hydrogen-bond acceptors (Lipinski definition) is 3. The molecule has 1 aromatic carbocycles. The fourth-order valence-corrected chi connectivity index (χ4v) is 1.83. The number of benzene rings is 1. The Kier molecular flexibility index (Phi) is 4.06. The lowest BCUT2D eigenvalue weighted by Crippen LogP contribution is -2.12. The Labute approximate surface area is 122 Å². The summed E-state index contributed by atoms with van der Waals surface area (Å²) in [5, 5.41) is 2.67. The SMILES string of the molecule is NC(=S)c1cccc(Nc2cc(F)c(Br)cc2F)n1. The van der Waals surface area contributed by atoms with Crippen LogP contribution in [0.4, 0.5) is 20.3 Å². The van der Waals surface area contributed by atoms with Crippen LogP contribution in [0.5, 0.6) is 0 Å². The van der Waals surface area contributed by atoms with Gasteiger partial charge in [0.25, 0.3) is 0 Å². The summed E-state index contributed by atoms with van der Waals surface area (Å²) in [5.74, 6) is -0.851. The lowest BCUT2D eigenvalue weighted by atomic mass is 10.3. The van der Waals surface area contributed by atoms with E-state index in [0.29, 0.717) is 11.5 Å². The summed E-state index contributed by atoms with van der Waals surface area (Å²) in [5.41, 5.74) is 5.83. The summed E-state index contributed by atoms with van der Waals surface area (Å²) < 4.78 is 27.0. The standard InChI is InChI=1S/C12H8BrF2N3S/c13-6-4-8(15)10(5-7(6)14)18-11-3-1-2-9(17-11)12(16)19/h1-5H,(H2,16,19)(H,17,18). The second kappa shape index (κ2) is 5.58. The molecule has 0 bridgehead atoms. The largest absolute Gasteiger partial charge is 0.388 e. The number of aromatic nitrogens is 1. The predicted molar refractivity (Wildman–Crippen MR) is 77.5 cm³/mol. The number of thiocarbonyl (C=S) groups is 1.